The van der Waals surface area contributed by atoms with Gasteiger partial charge in [-0.05, 0) is 25.8 Å². The van der Waals surface area contributed by atoms with Gasteiger partial charge in [0, 0.05) is 22.9 Å². The molecule has 0 aliphatic rings. The van der Waals surface area contributed by atoms with Gasteiger partial charge in [-0.25, -0.2) is 4.68 Å². The molecule has 0 radical (unpaired) electrons. The van der Waals surface area contributed by atoms with Gasteiger partial charge in [0.15, 0.2) is 0 Å². The number of carbonyl (C=O) groups excluding carboxylic acids is 1. The summed E-state index contributed by atoms with van der Waals surface area (Å²) < 4.78 is 1.85. The van der Waals surface area contributed by atoms with E-state index in [1.807, 2.05) is 29.1 Å². The number of amides is 1. The van der Waals surface area contributed by atoms with Crippen LogP contribution in [0, 0.1) is 6.92 Å². The van der Waals surface area contributed by atoms with Gasteiger partial charge < -0.3 is 5.32 Å². The molecule has 4 nitrogen and oxygen atoms in total. The van der Waals surface area contributed by atoms with Crippen LogP contribution in [-0.4, -0.2) is 15.7 Å². The Labute approximate surface area is 117 Å². The Morgan fingerprint density at radius 3 is 2.84 bits per heavy atom. The maximum absolute atomic E-state index is 12.2. The maximum atomic E-state index is 12.2. The van der Waals surface area contributed by atoms with Crippen molar-refractivity contribution >= 4 is 23.1 Å². The molecule has 0 fully saturated rings. The van der Waals surface area contributed by atoms with Crippen molar-refractivity contribution in [1.29, 1.82) is 0 Å². The Morgan fingerprint density at radius 2 is 2.21 bits per heavy atom. The fraction of sp³-hybridized carbons (Fsp3) is 0.429. The third-order valence-corrected chi connectivity index (χ3v) is 3.92. The van der Waals surface area contributed by atoms with E-state index in [0.717, 1.165) is 36.5 Å². The van der Waals surface area contributed by atoms with Crippen LogP contribution in [0.3, 0.4) is 0 Å². The second kappa shape index (κ2) is 6.02. The van der Waals surface area contributed by atoms with Crippen molar-refractivity contribution in [1.82, 2.24) is 9.78 Å². The number of aryl methyl sites for hydroxylation is 3. The molecule has 0 aliphatic heterocycles. The molecule has 0 atom stereocenters. The molecular weight excluding hydrogens is 258 g/mol. The van der Waals surface area contributed by atoms with Crippen LogP contribution in [0.2, 0.25) is 0 Å². The number of rotatable bonds is 5. The molecule has 1 amide bonds. The van der Waals surface area contributed by atoms with Crippen LogP contribution < -0.4 is 5.32 Å². The summed E-state index contributed by atoms with van der Waals surface area (Å²) in [6.45, 7) is 6.93. The molecule has 0 saturated heterocycles. The first-order valence-corrected chi connectivity index (χ1v) is 7.45. The number of hydrogen-bond acceptors (Lipinski definition) is 3. The van der Waals surface area contributed by atoms with E-state index in [-0.39, 0.29) is 5.91 Å². The Hall–Kier alpha value is -1.62. The lowest BCUT2D eigenvalue weighted by molar-refractivity contribution is 0.102. The van der Waals surface area contributed by atoms with E-state index in [9.17, 15) is 4.79 Å². The lowest BCUT2D eigenvalue weighted by Crippen LogP contribution is -2.15. The molecule has 0 bridgehead atoms. The molecule has 0 saturated carbocycles. The molecule has 0 aromatic carbocycles. The van der Waals surface area contributed by atoms with Crippen molar-refractivity contribution in [2.45, 2.75) is 40.2 Å². The molecule has 0 unspecified atom stereocenters. The first-order valence-electron chi connectivity index (χ1n) is 6.57. The molecule has 2 rings (SSSR count). The highest BCUT2D eigenvalue weighted by Crippen LogP contribution is 2.17. The minimum atomic E-state index is -0.0618. The number of anilines is 1. The summed E-state index contributed by atoms with van der Waals surface area (Å²) in [6, 6.07) is 3.86. The van der Waals surface area contributed by atoms with Crippen molar-refractivity contribution in [3.05, 3.63) is 33.6 Å². The molecule has 102 valence electrons. The lowest BCUT2D eigenvalue weighted by atomic mass is 10.2. The Kier molecular flexibility index (Phi) is 4.37. The number of thiophene rings is 1. The topological polar surface area (TPSA) is 46.9 Å². The number of nitrogens with one attached hydrogen (secondary N) is 1. The molecular formula is C14H19N3OS. The molecule has 1 N–H and O–H groups in total. The quantitative estimate of drug-likeness (QED) is 0.909. The molecule has 19 heavy (non-hydrogen) atoms. The van der Waals surface area contributed by atoms with Crippen molar-refractivity contribution < 1.29 is 4.79 Å². The highest BCUT2D eigenvalue weighted by molar-refractivity contribution is 7.10. The van der Waals surface area contributed by atoms with Gasteiger partial charge in [-0.3, -0.25) is 4.79 Å². The van der Waals surface area contributed by atoms with Gasteiger partial charge in [0.1, 0.15) is 5.82 Å². The predicted molar refractivity (Wildman–Crippen MR) is 78.9 cm³/mol. The van der Waals surface area contributed by atoms with Crippen LogP contribution in [0.5, 0.6) is 0 Å². The summed E-state index contributed by atoms with van der Waals surface area (Å²) in [5.41, 5.74) is 1.65. The molecule has 2 aromatic rings. The minimum Gasteiger partial charge on any atom is -0.307 e. The second-order valence-electron chi connectivity index (χ2n) is 4.50. The maximum Gasteiger partial charge on any atom is 0.257 e. The largest absolute Gasteiger partial charge is 0.307 e. The second-order valence-corrected chi connectivity index (χ2v) is 5.50. The van der Waals surface area contributed by atoms with E-state index in [1.165, 1.54) is 4.88 Å². The van der Waals surface area contributed by atoms with E-state index >= 15 is 0 Å². The lowest BCUT2D eigenvalue weighted by Gasteiger charge is -2.06. The van der Waals surface area contributed by atoms with E-state index in [4.69, 9.17) is 0 Å². The van der Waals surface area contributed by atoms with Crippen molar-refractivity contribution in [3.8, 4) is 0 Å². The van der Waals surface area contributed by atoms with Gasteiger partial charge in [0.05, 0.1) is 11.3 Å². The first-order chi connectivity index (χ1) is 9.13. The third kappa shape index (κ3) is 3.23. The zero-order chi connectivity index (χ0) is 13.8. The van der Waals surface area contributed by atoms with Gasteiger partial charge in [-0.2, -0.15) is 5.10 Å². The Balaban J connectivity index is 2.14. The smallest absolute Gasteiger partial charge is 0.257 e. The fourth-order valence-electron chi connectivity index (χ4n) is 1.90. The van der Waals surface area contributed by atoms with Gasteiger partial charge >= 0.3 is 0 Å². The van der Waals surface area contributed by atoms with Gasteiger partial charge in [-0.1, -0.05) is 13.8 Å². The summed E-state index contributed by atoms with van der Waals surface area (Å²) in [5, 5.41) is 9.22. The fourth-order valence-corrected chi connectivity index (χ4v) is 2.72. The van der Waals surface area contributed by atoms with Gasteiger partial charge in [0.2, 0.25) is 0 Å². The van der Waals surface area contributed by atoms with Crippen molar-refractivity contribution in [2.24, 2.45) is 0 Å². The van der Waals surface area contributed by atoms with Crippen LogP contribution in [-0.2, 0) is 13.0 Å². The normalized spacial score (nSPS) is 10.7. The number of aromatic nitrogens is 2. The van der Waals surface area contributed by atoms with E-state index in [1.54, 1.807) is 11.3 Å². The zero-order valence-electron chi connectivity index (χ0n) is 11.6. The van der Waals surface area contributed by atoms with E-state index in [2.05, 4.69) is 24.3 Å². The van der Waals surface area contributed by atoms with Crippen LogP contribution in [0.15, 0.2) is 17.5 Å². The third-order valence-electron chi connectivity index (χ3n) is 2.84. The summed E-state index contributed by atoms with van der Waals surface area (Å²) >= 11 is 1.62. The molecule has 2 heterocycles. The summed E-state index contributed by atoms with van der Waals surface area (Å²) in [6.07, 6.45) is 1.95. The number of carbonyl (C=O) groups is 1. The van der Waals surface area contributed by atoms with E-state index < -0.39 is 0 Å². The number of hydrogen-bond donors (Lipinski definition) is 1. The monoisotopic (exact) mass is 277 g/mol. The SMILES string of the molecule is CCCn1nc(C)cc1NC(=O)c1csc(CC)c1. The van der Waals surface area contributed by atoms with Gasteiger partial charge in [-0.15, -0.1) is 11.3 Å². The summed E-state index contributed by atoms with van der Waals surface area (Å²) in [7, 11) is 0. The molecule has 5 heteroatoms. The summed E-state index contributed by atoms with van der Waals surface area (Å²) in [4.78, 5) is 13.4. The molecule has 0 aliphatic carbocycles. The van der Waals surface area contributed by atoms with Crippen LogP contribution in [0.1, 0.15) is 41.2 Å². The highest BCUT2D eigenvalue weighted by Gasteiger charge is 2.12. The first kappa shape index (κ1) is 13.8. The van der Waals surface area contributed by atoms with Crippen LogP contribution >= 0.6 is 11.3 Å². The minimum absolute atomic E-state index is 0.0618. The molecule has 2 aromatic heterocycles. The van der Waals surface area contributed by atoms with Crippen LogP contribution in [0.4, 0.5) is 5.82 Å². The van der Waals surface area contributed by atoms with Gasteiger partial charge in [0.25, 0.3) is 5.91 Å². The zero-order valence-corrected chi connectivity index (χ0v) is 12.4. The van der Waals surface area contributed by atoms with Crippen molar-refractivity contribution in [3.63, 3.8) is 0 Å². The van der Waals surface area contributed by atoms with Crippen LogP contribution in [0.25, 0.3) is 0 Å². The predicted octanol–water partition coefficient (Wildman–Crippen LogP) is 3.48. The highest BCUT2D eigenvalue weighted by atomic mass is 32.1. The average molecular weight is 277 g/mol. The summed E-state index contributed by atoms with van der Waals surface area (Å²) in [5.74, 6) is 0.710. The molecule has 0 spiro atoms. The van der Waals surface area contributed by atoms with E-state index in [0.29, 0.717) is 0 Å². The number of nitrogens with zero attached hydrogens (tertiary/aromatic N) is 2. The standard InChI is InChI=1S/C14H19N3OS/c1-4-6-17-13(7-10(3)16-17)15-14(18)11-8-12(5-2)19-9-11/h7-9H,4-6H2,1-3H3,(H,15,18). The van der Waals surface area contributed by atoms with Crippen molar-refractivity contribution in [2.75, 3.05) is 5.32 Å². The average Bonchev–Trinajstić information content (AvgIpc) is 2.97. The Morgan fingerprint density at radius 1 is 1.42 bits per heavy atom. The Bertz CT molecular complexity index is 571.